The predicted molar refractivity (Wildman–Crippen MR) is 121 cm³/mol. The molecule has 1 amide bonds. The molecule has 0 radical (unpaired) electrons. The first-order valence-electron chi connectivity index (χ1n) is 9.85. The fourth-order valence-corrected chi connectivity index (χ4v) is 7.88. The minimum atomic E-state index is -3.92. The minimum Gasteiger partial charge on any atom is -0.407 e. The van der Waals surface area contributed by atoms with Gasteiger partial charge in [0.25, 0.3) is 10.0 Å². The summed E-state index contributed by atoms with van der Waals surface area (Å²) in [7, 11) is -7.63. The van der Waals surface area contributed by atoms with Crippen molar-refractivity contribution in [2.75, 3.05) is 11.9 Å². The van der Waals surface area contributed by atoms with Gasteiger partial charge in [0.15, 0.2) is 9.84 Å². The van der Waals surface area contributed by atoms with Crippen LogP contribution >= 0.6 is 22.9 Å². The number of thiophene rings is 1. The summed E-state index contributed by atoms with van der Waals surface area (Å²) in [5.41, 5.74) is 0. The lowest BCUT2D eigenvalue weighted by atomic mass is 10.0. The second kappa shape index (κ2) is 9.50. The van der Waals surface area contributed by atoms with E-state index in [0.717, 1.165) is 15.6 Å². The number of nitrogens with zero attached hydrogens (tertiary/aromatic N) is 3. The molecule has 4 rings (SSSR count). The molecule has 1 atom stereocenters. The highest BCUT2D eigenvalue weighted by molar-refractivity contribution is 7.91. The van der Waals surface area contributed by atoms with Gasteiger partial charge in [-0.05, 0) is 37.1 Å². The number of rotatable bonds is 7. The van der Waals surface area contributed by atoms with Gasteiger partial charge >= 0.3 is 6.01 Å². The smallest absolute Gasteiger partial charge is 0.322 e. The normalized spacial score (nSPS) is 17.7. The number of anilines is 1. The van der Waals surface area contributed by atoms with Crippen LogP contribution in [0.3, 0.4) is 0 Å². The molecule has 0 spiro atoms. The molecule has 0 bridgehead atoms. The summed E-state index contributed by atoms with van der Waals surface area (Å²) in [5, 5.41) is 9.78. The van der Waals surface area contributed by atoms with Crippen molar-refractivity contribution < 1.29 is 26.0 Å². The molecule has 14 heteroatoms. The van der Waals surface area contributed by atoms with Crippen LogP contribution < -0.4 is 5.32 Å². The minimum absolute atomic E-state index is 0.0541. The maximum Gasteiger partial charge on any atom is 0.322 e. The zero-order valence-corrected chi connectivity index (χ0v) is 20.3. The number of sulfone groups is 1. The molecule has 3 heterocycles. The molecule has 3 aromatic rings. The van der Waals surface area contributed by atoms with Gasteiger partial charge in [0.2, 0.25) is 11.8 Å². The number of piperidine rings is 1. The van der Waals surface area contributed by atoms with Gasteiger partial charge in [0.1, 0.15) is 16.0 Å². The number of carbonyl (C=O) groups excluding carboxylic acids is 1. The zero-order valence-electron chi connectivity index (χ0n) is 17.0. The lowest BCUT2D eigenvalue weighted by Gasteiger charge is -2.32. The summed E-state index contributed by atoms with van der Waals surface area (Å²) in [6.45, 7) is 0.181. The van der Waals surface area contributed by atoms with Crippen LogP contribution in [0.5, 0.6) is 0 Å². The van der Waals surface area contributed by atoms with E-state index in [4.69, 9.17) is 16.0 Å². The maximum atomic E-state index is 13.0. The largest absolute Gasteiger partial charge is 0.407 e. The third-order valence-electron chi connectivity index (χ3n) is 4.98. The molecule has 1 aromatic carbocycles. The van der Waals surface area contributed by atoms with Crippen molar-refractivity contribution in [1.82, 2.24) is 14.5 Å². The molecule has 176 valence electrons. The van der Waals surface area contributed by atoms with E-state index in [1.54, 1.807) is 18.2 Å². The first-order chi connectivity index (χ1) is 15.7. The molecule has 1 N–H and O–H groups in total. The van der Waals surface area contributed by atoms with Crippen LogP contribution in [0, 0.1) is 0 Å². The lowest BCUT2D eigenvalue weighted by Crippen LogP contribution is -2.49. The second-order valence-corrected chi connectivity index (χ2v) is 13.1. The van der Waals surface area contributed by atoms with E-state index in [0.29, 0.717) is 23.6 Å². The maximum absolute atomic E-state index is 13.0. The summed E-state index contributed by atoms with van der Waals surface area (Å²) in [6.07, 6.45) is 1.59. The topological polar surface area (TPSA) is 140 Å². The van der Waals surface area contributed by atoms with E-state index in [1.807, 2.05) is 0 Å². The third kappa shape index (κ3) is 5.27. The summed E-state index contributed by atoms with van der Waals surface area (Å²) in [5.74, 6) is -1.37. The summed E-state index contributed by atoms with van der Waals surface area (Å²) >= 11 is 6.80. The van der Waals surface area contributed by atoms with Gasteiger partial charge in [-0.2, -0.15) is 4.31 Å². The average Bonchev–Trinajstić information content (AvgIpc) is 3.43. The van der Waals surface area contributed by atoms with Gasteiger partial charge in [-0.25, -0.2) is 16.8 Å². The number of carbonyl (C=O) groups is 1. The molecular weight excluding hydrogens is 512 g/mol. The summed E-state index contributed by atoms with van der Waals surface area (Å²) in [4.78, 5) is 13.0. The number of sulfonamides is 1. The Bertz CT molecular complexity index is 1350. The van der Waals surface area contributed by atoms with E-state index < -0.39 is 37.6 Å². The van der Waals surface area contributed by atoms with E-state index >= 15 is 0 Å². The van der Waals surface area contributed by atoms with E-state index in [9.17, 15) is 21.6 Å². The quantitative estimate of drug-likeness (QED) is 0.491. The second-order valence-electron chi connectivity index (χ2n) is 7.25. The van der Waals surface area contributed by atoms with Crippen LogP contribution in [0.15, 0.2) is 56.0 Å². The molecule has 1 fully saturated rings. The highest BCUT2D eigenvalue weighted by Crippen LogP contribution is 2.32. The van der Waals surface area contributed by atoms with E-state index in [-0.39, 0.29) is 27.6 Å². The summed E-state index contributed by atoms with van der Waals surface area (Å²) in [6, 6.07) is 9.40. The molecule has 1 unspecified atom stereocenters. The Morgan fingerprint density at radius 1 is 1.12 bits per heavy atom. The number of nitrogens with one attached hydrogen (secondary N) is 1. The SMILES string of the molecule is O=C(Nc1nnc(CS(=O)(=O)c2ccccc2)o1)C1CCCCN1S(=O)(=O)c1ccc(Cl)s1. The van der Waals surface area contributed by atoms with Gasteiger partial charge in [-0.3, -0.25) is 10.1 Å². The highest BCUT2D eigenvalue weighted by Gasteiger charge is 2.39. The van der Waals surface area contributed by atoms with E-state index in [2.05, 4.69) is 15.5 Å². The van der Waals surface area contributed by atoms with Crippen LogP contribution in [0.1, 0.15) is 25.2 Å². The Hall–Kier alpha value is -2.32. The van der Waals surface area contributed by atoms with Crippen molar-refractivity contribution in [2.24, 2.45) is 0 Å². The Morgan fingerprint density at radius 3 is 2.58 bits per heavy atom. The van der Waals surface area contributed by atoms with Crippen molar-refractivity contribution in [3.63, 3.8) is 0 Å². The monoisotopic (exact) mass is 530 g/mol. The van der Waals surface area contributed by atoms with Crippen molar-refractivity contribution in [3.05, 3.63) is 52.7 Å². The van der Waals surface area contributed by atoms with Crippen LogP contribution in [0.25, 0.3) is 0 Å². The number of halogens is 1. The van der Waals surface area contributed by atoms with Gasteiger partial charge in [-0.1, -0.05) is 41.3 Å². The van der Waals surface area contributed by atoms with Crippen molar-refractivity contribution in [2.45, 2.75) is 40.2 Å². The molecule has 1 aliphatic heterocycles. The van der Waals surface area contributed by atoms with Gasteiger partial charge in [-0.15, -0.1) is 16.4 Å². The molecule has 2 aromatic heterocycles. The molecular formula is C19H19ClN4O6S3. The van der Waals surface area contributed by atoms with E-state index in [1.165, 1.54) is 24.3 Å². The van der Waals surface area contributed by atoms with Crippen LogP contribution in [0.4, 0.5) is 6.01 Å². The van der Waals surface area contributed by atoms with Crippen molar-refractivity contribution in [3.8, 4) is 0 Å². The molecule has 0 saturated carbocycles. The summed E-state index contributed by atoms with van der Waals surface area (Å²) < 4.78 is 57.9. The fraction of sp³-hybridized carbons (Fsp3) is 0.316. The fourth-order valence-electron chi connectivity index (χ4n) is 3.43. The number of hydrogen-bond donors (Lipinski definition) is 1. The van der Waals surface area contributed by atoms with Gasteiger partial charge in [0.05, 0.1) is 9.23 Å². The molecule has 1 aliphatic rings. The Labute approximate surface area is 199 Å². The molecule has 0 aliphatic carbocycles. The van der Waals surface area contributed by atoms with Crippen LogP contribution in [-0.4, -0.2) is 49.8 Å². The Morgan fingerprint density at radius 2 is 1.88 bits per heavy atom. The average molecular weight is 531 g/mol. The molecule has 33 heavy (non-hydrogen) atoms. The van der Waals surface area contributed by atoms with Crippen LogP contribution in [-0.2, 0) is 30.4 Å². The molecule has 10 nitrogen and oxygen atoms in total. The Kier molecular flexibility index (Phi) is 6.86. The van der Waals surface area contributed by atoms with Crippen molar-refractivity contribution >= 4 is 54.7 Å². The van der Waals surface area contributed by atoms with Gasteiger partial charge < -0.3 is 4.42 Å². The lowest BCUT2D eigenvalue weighted by molar-refractivity contribution is -0.120. The first kappa shape index (κ1) is 23.8. The zero-order chi connectivity index (χ0) is 23.6. The number of amides is 1. The Balaban J connectivity index is 1.48. The highest BCUT2D eigenvalue weighted by atomic mass is 35.5. The molecule has 1 saturated heterocycles. The standard InChI is InChI=1S/C19H19ClN4O6S3/c20-15-9-10-17(31-15)33(28,29)24-11-5-4-8-14(24)18(25)21-19-23-22-16(30-19)12-32(26,27)13-6-2-1-3-7-13/h1-3,6-7,9-10,14H,4-5,8,11-12H2,(H,21,23,25). The van der Waals surface area contributed by atoms with Crippen molar-refractivity contribution in [1.29, 1.82) is 0 Å². The van der Waals surface area contributed by atoms with Gasteiger partial charge in [0, 0.05) is 6.54 Å². The predicted octanol–water partition coefficient (Wildman–Crippen LogP) is 2.94. The number of benzene rings is 1. The third-order valence-corrected chi connectivity index (χ3v) is 10.2. The van der Waals surface area contributed by atoms with Crippen LogP contribution in [0.2, 0.25) is 4.34 Å². The number of aromatic nitrogens is 2. The first-order valence-corrected chi connectivity index (χ1v) is 14.1. The number of hydrogen-bond acceptors (Lipinski definition) is 9.